The zero-order valence-electron chi connectivity index (χ0n) is 9.76. The van der Waals surface area contributed by atoms with Gasteiger partial charge in [-0.15, -0.1) is 0 Å². The highest BCUT2D eigenvalue weighted by atomic mass is 16.3. The average molecular weight is 231 g/mol. The summed E-state index contributed by atoms with van der Waals surface area (Å²) in [6.07, 6.45) is 4.50. The Kier molecular flexibility index (Phi) is 4.08. The average Bonchev–Trinajstić information content (AvgIpc) is 2.75. The highest BCUT2D eigenvalue weighted by Gasteiger charge is 2.21. The van der Waals surface area contributed by atoms with Gasteiger partial charge >= 0.3 is 0 Å². The Morgan fingerprint density at radius 2 is 2.41 bits per heavy atom. The highest BCUT2D eigenvalue weighted by Crippen LogP contribution is 2.24. The van der Waals surface area contributed by atoms with E-state index in [0.717, 1.165) is 37.9 Å². The van der Waals surface area contributed by atoms with Crippen LogP contribution in [0.5, 0.6) is 0 Å². The molecule has 0 bridgehead atoms. The normalized spacial score (nSPS) is 23.5. The molecule has 0 aliphatic heterocycles. The molecule has 4 nitrogen and oxygen atoms in total. The number of nitrogens with one attached hydrogen (secondary N) is 1. The summed E-state index contributed by atoms with van der Waals surface area (Å²) >= 11 is 0. The number of rotatable bonds is 4. The van der Waals surface area contributed by atoms with Gasteiger partial charge in [0.25, 0.3) is 0 Å². The van der Waals surface area contributed by atoms with Gasteiger partial charge in [-0.2, -0.15) is 5.26 Å². The van der Waals surface area contributed by atoms with Crippen LogP contribution in [0.1, 0.15) is 30.5 Å². The fraction of sp³-hybridized carbons (Fsp3) is 0.538. The Labute approximate surface area is 101 Å². The number of hydrogen-bond donors (Lipinski definition) is 2. The van der Waals surface area contributed by atoms with Crippen LogP contribution in [0.3, 0.4) is 0 Å². The summed E-state index contributed by atoms with van der Waals surface area (Å²) in [6.45, 7) is 1.69. The van der Waals surface area contributed by atoms with Crippen LogP contribution in [-0.4, -0.2) is 22.7 Å². The third kappa shape index (κ3) is 3.52. The van der Waals surface area contributed by atoms with Gasteiger partial charge in [-0.25, -0.2) is 4.98 Å². The molecule has 1 aromatic rings. The molecule has 0 aromatic carbocycles. The molecule has 0 spiro atoms. The molecule has 1 aromatic heterocycles. The maximum Gasteiger partial charge on any atom is 0.140 e. The van der Waals surface area contributed by atoms with Crippen molar-refractivity contribution in [2.45, 2.75) is 31.9 Å². The molecule has 90 valence electrons. The van der Waals surface area contributed by atoms with Gasteiger partial charge in [0.15, 0.2) is 0 Å². The molecular formula is C13H17N3O. The van der Waals surface area contributed by atoms with Gasteiger partial charge in [-0.3, -0.25) is 0 Å². The monoisotopic (exact) mass is 231 g/mol. The third-order valence-corrected chi connectivity index (χ3v) is 3.21. The molecule has 1 saturated carbocycles. The predicted octanol–water partition coefficient (Wildman–Crippen LogP) is 1.20. The smallest absolute Gasteiger partial charge is 0.140 e. The summed E-state index contributed by atoms with van der Waals surface area (Å²) in [7, 11) is 0. The molecular weight excluding hydrogens is 214 g/mol. The van der Waals surface area contributed by atoms with Crippen LogP contribution in [0.15, 0.2) is 18.3 Å². The summed E-state index contributed by atoms with van der Waals surface area (Å²) in [5.41, 5.74) is 1.54. The van der Waals surface area contributed by atoms with E-state index in [1.54, 1.807) is 12.3 Å². The van der Waals surface area contributed by atoms with Crippen LogP contribution < -0.4 is 5.32 Å². The second-order valence-corrected chi connectivity index (χ2v) is 4.62. The Hall–Kier alpha value is -1.44. The van der Waals surface area contributed by atoms with E-state index >= 15 is 0 Å². The minimum atomic E-state index is -0.104. The number of aromatic nitrogens is 1. The zero-order chi connectivity index (χ0) is 12.1. The maximum absolute atomic E-state index is 9.41. The Balaban J connectivity index is 1.76. The molecule has 1 aliphatic carbocycles. The molecule has 2 atom stereocenters. The van der Waals surface area contributed by atoms with Gasteiger partial charge < -0.3 is 10.4 Å². The molecule has 0 amide bonds. The third-order valence-electron chi connectivity index (χ3n) is 3.21. The molecule has 0 saturated heterocycles. The van der Waals surface area contributed by atoms with E-state index in [-0.39, 0.29) is 6.10 Å². The lowest BCUT2D eigenvalue weighted by atomic mass is 10.1. The van der Waals surface area contributed by atoms with Crippen LogP contribution in [0.25, 0.3) is 0 Å². The van der Waals surface area contributed by atoms with Crippen molar-refractivity contribution in [2.75, 3.05) is 6.54 Å². The fourth-order valence-electron chi connectivity index (χ4n) is 2.30. The van der Waals surface area contributed by atoms with Gasteiger partial charge in [0.2, 0.25) is 0 Å². The fourth-order valence-corrected chi connectivity index (χ4v) is 2.30. The van der Waals surface area contributed by atoms with Crippen LogP contribution in [-0.2, 0) is 6.54 Å². The zero-order valence-corrected chi connectivity index (χ0v) is 9.76. The van der Waals surface area contributed by atoms with Crippen molar-refractivity contribution < 1.29 is 5.11 Å². The van der Waals surface area contributed by atoms with E-state index in [4.69, 9.17) is 5.26 Å². The lowest BCUT2D eigenvalue weighted by Gasteiger charge is -2.10. The van der Waals surface area contributed by atoms with Crippen molar-refractivity contribution in [1.82, 2.24) is 10.3 Å². The van der Waals surface area contributed by atoms with Crippen molar-refractivity contribution in [1.29, 1.82) is 5.26 Å². The summed E-state index contributed by atoms with van der Waals surface area (Å²) in [6, 6.07) is 5.75. The maximum atomic E-state index is 9.41. The van der Waals surface area contributed by atoms with E-state index in [2.05, 4.69) is 10.3 Å². The number of aliphatic hydroxyl groups excluding tert-OH is 1. The summed E-state index contributed by atoms with van der Waals surface area (Å²) in [5.74, 6) is 0.585. The molecule has 17 heavy (non-hydrogen) atoms. The molecule has 2 N–H and O–H groups in total. The first kappa shape index (κ1) is 12.0. The molecule has 2 rings (SSSR count). The second-order valence-electron chi connectivity index (χ2n) is 4.62. The van der Waals surface area contributed by atoms with Crippen LogP contribution in [0.4, 0.5) is 0 Å². The van der Waals surface area contributed by atoms with E-state index < -0.39 is 0 Å². The van der Waals surface area contributed by atoms with E-state index in [1.807, 2.05) is 12.1 Å². The van der Waals surface area contributed by atoms with E-state index in [1.165, 1.54) is 0 Å². The minimum absolute atomic E-state index is 0.104. The largest absolute Gasteiger partial charge is 0.393 e. The van der Waals surface area contributed by atoms with Gasteiger partial charge in [0, 0.05) is 12.7 Å². The minimum Gasteiger partial charge on any atom is -0.393 e. The van der Waals surface area contributed by atoms with Crippen molar-refractivity contribution >= 4 is 0 Å². The SMILES string of the molecule is N#Cc1cc(CNCC2CCC(O)C2)ccn1. The molecule has 1 fully saturated rings. The summed E-state index contributed by atoms with van der Waals surface area (Å²) < 4.78 is 0. The van der Waals surface area contributed by atoms with E-state index in [9.17, 15) is 5.11 Å². The van der Waals surface area contributed by atoms with Gasteiger partial charge in [-0.05, 0) is 49.4 Å². The van der Waals surface area contributed by atoms with Gasteiger partial charge in [-0.1, -0.05) is 0 Å². The van der Waals surface area contributed by atoms with Crippen molar-refractivity contribution in [3.63, 3.8) is 0 Å². The standard InChI is InChI=1S/C13H17N3O/c14-7-12-5-11(3-4-16-12)9-15-8-10-1-2-13(17)6-10/h3-5,10,13,15,17H,1-2,6,8-9H2. The first-order valence-corrected chi connectivity index (χ1v) is 6.01. The Morgan fingerprint density at radius 3 is 3.12 bits per heavy atom. The van der Waals surface area contributed by atoms with E-state index in [0.29, 0.717) is 11.6 Å². The van der Waals surface area contributed by atoms with Crippen LogP contribution >= 0.6 is 0 Å². The first-order valence-electron chi connectivity index (χ1n) is 6.01. The molecule has 4 heteroatoms. The molecule has 0 radical (unpaired) electrons. The quantitative estimate of drug-likeness (QED) is 0.817. The van der Waals surface area contributed by atoms with Gasteiger partial charge in [0.1, 0.15) is 11.8 Å². The molecule has 2 unspecified atom stereocenters. The van der Waals surface area contributed by atoms with Crippen molar-refractivity contribution in [2.24, 2.45) is 5.92 Å². The topological polar surface area (TPSA) is 68.9 Å². The Morgan fingerprint density at radius 1 is 1.53 bits per heavy atom. The van der Waals surface area contributed by atoms with Crippen molar-refractivity contribution in [3.8, 4) is 6.07 Å². The molecule has 1 heterocycles. The lowest BCUT2D eigenvalue weighted by Crippen LogP contribution is -2.21. The van der Waals surface area contributed by atoms with Crippen LogP contribution in [0.2, 0.25) is 0 Å². The number of pyridine rings is 1. The second kappa shape index (κ2) is 5.76. The van der Waals surface area contributed by atoms with Gasteiger partial charge in [0.05, 0.1) is 6.10 Å². The highest BCUT2D eigenvalue weighted by molar-refractivity contribution is 5.25. The predicted molar refractivity (Wildman–Crippen MR) is 64.0 cm³/mol. The number of hydrogen-bond acceptors (Lipinski definition) is 4. The lowest BCUT2D eigenvalue weighted by molar-refractivity contribution is 0.177. The number of aliphatic hydroxyl groups is 1. The Bertz CT molecular complexity index is 413. The molecule has 1 aliphatic rings. The van der Waals surface area contributed by atoms with Crippen LogP contribution in [0, 0.1) is 17.2 Å². The van der Waals surface area contributed by atoms with Crippen molar-refractivity contribution in [3.05, 3.63) is 29.6 Å². The number of nitriles is 1. The first-order chi connectivity index (χ1) is 8.28. The number of nitrogens with zero attached hydrogens (tertiary/aromatic N) is 2. The summed E-state index contributed by atoms with van der Waals surface area (Å²) in [4.78, 5) is 3.93. The summed E-state index contributed by atoms with van der Waals surface area (Å²) in [5, 5.41) is 21.5.